The zero-order chi connectivity index (χ0) is 16.5. The lowest BCUT2D eigenvalue weighted by molar-refractivity contribution is -0.133. The molecule has 0 N–H and O–H groups in total. The fraction of sp³-hybridized carbons (Fsp3) is 0.143. The van der Waals surface area contributed by atoms with Crippen LogP contribution in [0, 0.1) is 0 Å². The van der Waals surface area contributed by atoms with E-state index in [9.17, 15) is 9.59 Å². The molecule has 6 nitrogen and oxygen atoms in total. The number of ether oxygens (including phenoxy) is 2. The molecule has 0 saturated carbocycles. The number of halogens is 2. The lowest BCUT2D eigenvalue weighted by Crippen LogP contribution is -2.02. The van der Waals surface area contributed by atoms with Crippen LogP contribution in [0.1, 0.15) is 13.8 Å². The normalized spacial score (nSPS) is 9.27. The smallest absolute Gasteiger partial charge is 0.309 e. The second kappa shape index (κ2) is 8.96. The molecule has 0 bridgehead atoms. The molecule has 22 heavy (non-hydrogen) atoms. The second-order valence-corrected chi connectivity index (χ2v) is 4.68. The number of pyridine rings is 2. The van der Waals surface area contributed by atoms with Crippen LogP contribution in [0.4, 0.5) is 0 Å². The molecule has 0 fully saturated rings. The van der Waals surface area contributed by atoms with Crippen LogP contribution < -0.4 is 9.47 Å². The zero-order valence-electron chi connectivity index (χ0n) is 11.7. The molecule has 0 aliphatic rings. The summed E-state index contributed by atoms with van der Waals surface area (Å²) in [6.45, 7) is 2.62. The first-order chi connectivity index (χ1) is 10.4. The Bertz CT molecular complexity index is 607. The van der Waals surface area contributed by atoms with Gasteiger partial charge in [0.15, 0.2) is 0 Å². The van der Waals surface area contributed by atoms with Crippen molar-refractivity contribution in [2.75, 3.05) is 0 Å². The van der Waals surface area contributed by atoms with Crippen molar-refractivity contribution in [3.8, 4) is 11.8 Å². The van der Waals surface area contributed by atoms with E-state index in [0.717, 1.165) is 0 Å². The van der Waals surface area contributed by atoms with Gasteiger partial charge < -0.3 is 9.47 Å². The summed E-state index contributed by atoms with van der Waals surface area (Å²) in [6, 6.07) is 6.16. The van der Waals surface area contributed by atoms with E-state index in [4.69, 9.17) is 23.2 Å². The molecule has 0 radical (unpaired) electrons. The van der Waals surface area contributed by atoms with E-state index in [-0.39, 0.29) is 11.8 Å². The third-order valence-electron chi connectivity index (χ3n) is 1.89. The fourth-order valence-electron chi connectivity index (χ4n) is 1.18. The summed E-state index contributed by atoms with van der Waals surface area (Å²) in [7, 11) is 0. The van der Waals surface area contributed by atoms with E-state index < -0.39 is 11.9 Å². The van der Waals surface area contributed by atoms with Crippen molar-refractivity contribution < 1.29 is 19.1 Å². The van der Waals surface area contributed by atoms with Gasteiger partial charge in [0.1, 0.15) is 0 Å². The van der Waals surface area contributed by atoms with Gasteiger partial charge in [-0.2, -0.15) is 0 Å². The van der Waals surface area contributed by atoms with Gasteiger partial charge >= 0.3 is 11.9 Å². The van der Waals surface area contributed by atoms with E-state index >= 15 is 0 Å². The van der Waals surface area contributed by atoms with Crippen molar-refractivity contribution in [3.63, 3.8) is 0 Å². The molecule has 2 aromatic heterocycles. The minimum atomic E-state index is -0.403. The highest BCUT2D eigenvalue weighted by molar-refractivity contribution is 6.30. The highest BCUT2D eigenvalue weighted by Gasteiger charge is 1.99. The van der Waals surface area contributed by atoms with Crippen molar-refractivity contribution in [2.24, 2.45) is 0 Å². The summed E-state index contributed by atoms with van der Waals surface area (Å²) in [6.07, 6.45) is 2.95. The van der Waals surface area contributed by atoms with Crippen molar-refractivity contribution in [1.82, 2.24) is 9.97 Å². The molecule has 2 rings (SSSR count). The van der Waals surface area contributed by atoms with E-state index in [0.29, 0.717) is 10.0 Å². The third kappa shape index (κ3) is 7.56. The highest BCUT2D eigenvalue weighted by Crippen LogP contribution is 2.14. The maximum Gasteiger partial charge on any atom is 0.309 e. The summed E-state index contributed by atoms with van der Waals surface area (Å²) in [4.78, 5) is 28.3. The van der Waals surface area contributed by atoms with Crippen LogP contribution >= 0.6 is 23.2 Å². The fourth-order valence-corrected chi connectivity index (χ4v) is 1.48. The predicted molar refractivity (Wildman–Crippen MR) is 81.1 cm³/mol. The second-order valence-electron chi connectivity index (χ2n) is 3.81. The summed E-state index contributed by atoms with van der Waals surface area (Å²) in [5.41, 5.74) is 0. The Morgan fingerprint density at radius 1 is 0.864 bits per heavy atom. The number of nitrogens with zero attached hydrogens (tertiary/aromatic N) is 2. The summed E-state index contributed by atoms with van der Waals surface area (Å²) >= 11 is 11.2. The van der Waals surface area contributed by atoms with Crippen LogP contribution in [-0.4, -0.2) is 21.9 Å². The van der Waals surface area contributed by atoms with Gasteiger partial charge in [0.05, 0.1) is 0 Å². The van der Waals surface area contributed by atoms with E-state index in [1.54, 1.807) is 12.1 Å². The number of aromatic nitrogens is 2. The number of esters is 2. The molecule has 0 spiro atoms. The topological polar surface area (TPSA) is 78.4 Å². The van der Waals surface area contributed by atoms with Crippen LogP contribution in [0.25, 0.3) is 0 Å². The van der Waals surface area contributed by atoms with Crippen LogP contribution in [0.15, 0.2) is 36.7 Å². The molecule has 116 valence electrons. The number of hydrogen-bond donors (Lipinski definition) is 0. The van der Waals surface area contributed by atoms with Gasteiger partial charge in [0, 0.05) is 48.4 Å². The summed E-state index contributed by atoms with van der Waals surface area (Å²) in [5.74, 6) is -0.352. The number of hydrogen-bond acceptors (Lipinski definition) is 6. The first-order valence-electron chi connectivity index (χ1n) is 5.97. The van der Waals surface area contributed by atoms with Crippen molar-refractivity contribution in [3.05, 3.63) is 46.7 Å². The Hall–Kier alpha value is -2.18. The average Bonchev–Trinajstić information content (AvgIpc) is 2.37. The quantitative estimate of drug-likeness (QED) is 0.779. The largest absolute Gasteiger partial charge is 0.408 e. The molecule has 2 aromatic rings. The molecule has 0 unspecified atom stereocenters. The third-order valence-corrected chi connectivity index (χ3v) is 2.36. The maximum absolute atomic E-state index is 10.4. The molecule has 0 aliphatic heterocycles. The van der Waals surface area contributed by atoms with Gasteiger partial charge in [-0.1, -0.05) is 23.2 Å². The Morgan fingerprint density at radius 2 is 1.23 bits per heavy atom. The number of carbonyl (C=O) groups is 2. The number of rotatable bonds is 2. The molecule has 8 heteroatoms. The first-order valence-corrected chi connectivity index (χ1v) is 6.72. The summed E-state index contributed by atoms with van der Waals surface area (Å²) < 4.78 is 9.32. The Balaban J connectivity index is 0.000000220. The molecule has 0 aromatic carbocycles. The molecular formula is C14H12Cl2N2O4. The Morgan fingerprint density at radius 3 is 1.50 bits per heavy atom. The molecule has 0 saturated heterocycles. The van der Waals surface area contributed by atoms with Gasteiger partial charge in [-0.25, -0.2) is 9.97 Å². The lowest BCUT2D eigenvalue weighted by Gasteiger charge is -1.97. The Kier molecular flexibility index (Phi) is 7.28. The highest BCUT2D eigenvalue weighted by atomic mass is 35.5. The van der Waals surface area contributed by atoms with Crippen molar-refractivity contribution >= 4 is 35.1 Å². The van der Waals surface area contributed by atoms with Gasteiger partial charge in [-0.05, 0) is 12.1 Å². The number of carbonyl (C=O) groups excluding carboxylic acids is 2. The van der Waals surface area contributed by atoms with E-state index in [2.05, 4.69) is 19.4 Å². The van der Waals surface area contributed by atoms with E-state index in [1.807, 2.05) is 0 Å². The first kappa shape index (κ1) is 17.9. The summed E-state index contributed by atoms with van der Waals surface area (Å²) in [5, 5.41) is 0.993. The van der Waals surface area contributed by atoms with Gasteiger partial charge in [0.25, 0.3) is 0 Å². The van der Waals surface area contributed by atoms with Gasteiger partial charge in [0.2, 0.25) is 11.8 Å². The average molecular weight is 343 g/mol. The zero-order valence-corrected chi connectivity index (χ0v) is 13.3. The Labute approximate surface area is 137 Å². The molecular weight excluding hydrogens is 331 g/mol. The minimum Gasteiger partial charge on any atom is -0.408 e. The van der Waals surface area contributed by atoms with Crippen LogP contribution in [-0.2, 0) is 9.59 Å². The minimum absolute atomic E-state index is 0.227. The van der Waals surface area contributed by atoms with Crippen LogP contribution in [0.3, 0.4) is 0 Å². The molecule has 2 heterocycles. The van der Waals surface area contributed by atoms with Crippen LogP contribution in [0.2, 0.25) is 10.0 Å². The van der Waals surface area contributed by atoms with Crippen molar-refractivity contribution in [1.29, 1.82) is 0 Å². The van der Waals surface area contributed by atoms with E-state index in [1.165, 1.54) is 38.4 Å². The standard InChI is InChI=1S/2C7H6ClNO2/c2*1-5(10)11-7-4-6(8)2-3-9-7/h2*2-4H,1H3. The SMILES string of the molecule is CC(=O)Oc1cc(Cl)ccn1.CC(=O)Oc1cc(Cl)ccn1. The maximum atomic E-state index is 10.4. The van der Waals surface area contributed by atoms with Gasteiger partial charge in [-0.3, -0.25) is 9.59 Å². The molecule has 0 amide bonds. The molecule has 0 aliphatic carbocycles. The van der Waals surface area contributed by atoms with Crippen LogP contribution in [0.5, 0.6) is 11.8 Å². The lowest BCUT2D eigenvalue weighted by atomic mass is 10.5. The van der Waals surface area contributed by atoms with Gasteiger partial charge in [-0.15, -0.1) is 0 Å². The molecule has 0 atom stereocenters. The monoisotopic (exact) mass is 342 g/mol. The predicted octanol–water partition coefficient (Wildman–Crippen LogP) is 3.32. The van der Waals surface area contributed by atoms with Crippen molar-refractivity contribution in [2.45, 2.75) is 13.8 Å².